The SMILES string of the molecule is CC[C@@H]1[C@@H]2CN(C(=O)[C@H](C(C)(C)C)CC(=O)O[C@]3(C)C[C@H]3CCCCCc3nc4ccc(OC(F)F)cc4nc3O2)[C@@H]1C=O. The number of hydrogen-bond donors (Lipinski definition) is 0. The molecule has 1 aliphatic carbocycles. The molecule has 1 aromatic heterocycles. The summed E-state index contributed by atoms with van der Waals surface area (Å²) in [5, 5.41) is 0. The summed E-state index contributed by atoms with van der Waals surface area (Å²) < 4.78 is 42.8. The van der Waals surface area contributed by atoms with E-state index in [1.165, 1.54) is 12.1 Å². The minimum Gasteiger partial charge on any atom is -0.471 e. The van der Waals surface area contributed by atoms with Crippen LogP contribution in [0.25, 0.3) is 11.0 Å². The van der Waals surface area contributed by atoms with E-state index in [1.54, 1.807) is 11.0 Å². The smallest absolute Gasteiger partial charge is 0.387 e. The number of carbonyl (C=O) groups is 3. The van der Waals surface area contributed by atoms with Crippen LogP contribution < -0.4 is 9.47 Å². The van der Waals surface area contributed by atoms with Crippen molar-refractivity contribution < 1.29 is 37.4 Å². The van der Waals surface area contributed by atoms with Gasteiger partial charge < -0.3 is 23.9 Å². The Morgan fingerprint density at radius 1 is 1.16 bits per heavy atom. The van der Waals surface area contributed by atoms with Crippen LogP contribution in [-0.4, -0.2) is 63.9 Å². The first-order valence-electron chi connectivity index (χ1n) is 15.7. The van der Waals surface area contributed by atoms with Crippen molar-refractivity contribution >= 4 is 29.2 Å². The highest BCUT2D eigenvalue weighted by Crippen LogP contribution is 2.50. The van der Waals surface area contributed by atoms with Crippen LogP contribution in [0.1, 0.15) is 85.3 Å². The Balaban J connectivity index is 1.52. The van der Waals surface area contributed by atoms with Gasteiger partial charge in [0.2, 0.25) is 11.8 Å². The number of aromatic nitrogens is 2. The summed E-state index contributed by atoms with van der Waals surface area (Å²) in [4.78, 5) is 50.8. The summed E-state index contributed by atoms with van der Waals surface area (Å²) in [7, 11) is 0. The highest BCUT2D eigenvalue weighted by Gasteiger charge is 2.54. The molecule has 6 atom stereocenters. The van der Waals surface area contributed by atoms with Gasteiger partial charge in [-0.05, 0) is 56.6 Å². The first-order valence-corrected chi connectivity index (χ1v) is 15.7. The van der Waals surface area contributed by atoms with Crippen molar-refractivity contribution in [2.45, 2.75) is 110 Å². The lowest BCUT2D eigenvalue weighted by Crippen LogP contribution is -2.46. The number of rotatable bonds is 4. The molecule has 9 nitrogen and oxygen atoms in total. The third-order valence-corrected chi connectivity index (χ3v) is 9.59. The van der Waals surface area contributed by atoms with Crippen molar-refractivity contribution in [2.24, 2.45) is 23.2 Å². The summed E-state index contributed by atoms with van der Waals surface area (Å²) in [6.07, 6.45) is 5.74. The Morgan fingerprint density at radius 2 is 1.93 bits per heavy atom. The third kappa shape index (κ3) is 6.81. The number of halogens is 2. The largest absolute Gasteiger partial charge is 0.471 e. The van der Waals surface area contributed by atoms with Crippen LogP contribution in [0.4, 0.5) is 8.78 Å². The minimum absolute atomic E-state index is 0.0362. The van der Waals surface area contributed by atoms with Gasteiger partial charge in [0.15, 0.2) is 0 Å². The lowest BCUT2D eigenvalue weighted by atomic mass is 9.77. The zero-order valence-electron chi connectivity index (χ0n) is 26.2. The lowest BCUT2D eigenvalue weighted by molar-refractivity contribution is -0.158. The van der Waals surface area contributed by atoms with E-state index in [-0.39, 0.29) is 42.3 Å². The predicted octanol–water partition coefficient (Wildman–Crippen LogP) is 5.91. The Bertz CT molecular complexity index is 1400. The normalized spacial score (nSPS) is 30.1. The Kier molecular flexibility index (Phi) is 9.14. The Morgan fingerprint density at radius 3 is 2.61 bits per heavy atom. The molecule has 0 unspecified atom stereocenters. The van der Waals surface area contributed by atoms with Gasteiger partial charge in [0, 0.05) is 17.9 Å². The molecule has 2 bridgehead atoms. The van der Waals surface area contributed by atoms with Crippen molar-refractivity contribution in [2.75, 3.05) is 6.54 Å². The Hall–Kier alpha value is -3.37. The second-order valence-corrected chi connectivity index (χ2v) is 13.8. The molecule has 0 N–H and O–H groups in total. The van der Waals surface area contributed by atoms with E-state index in [9.17, 15) is 23.2 Å². The molecule has 2 aromatic rings. The topological polar surface area (TPSA) is 108 Å². The molecule has 1 aromatic carbocycles. The lowest BCUT2D eigenvalue weighted by Gasteiger charge is -2.34. The molecule has 0 radical (unpaired) electrons. The summed E-state index contributed by atoms with van der Waals surface area (Å²) in [6.45, 7) is 6.80. The van der Waals surface area contributed by atoms with Crippen molar-refractivity contribution in [1.82, 2.24) is 14.9 Å². The quantitative estimate of drug-likeness (QED) is 0.309. The molecule has 1 saturated heterocycles. The van der Waals surface area contributed by atoms with Crippen molar-refractivity contribution in [3.8, 4) is 11.6 Å². The number of alkyl halides is 2. The van der Waals surface area contributed by atoms with Gasteiger partial charge >= 0.3 is 12.6 Å². The molecule has 1 saturated carbocycles. The van der Waals surface area contributed by atoms with Crippen LogP contribution in [0, 0.1) is 23.2 Å². The molecule has 0 spiro atoms. The zero-order valence-corrected chi connectivity index (χ0v) is 26.2. The fourth-order valence-corrected chi connectivity index (χ4v) is 6.83. The predicted molar refractivity (Wildman–Crippen MR) is 158 cm³/mol. The molecular weight excluding hydrogens is 572 g/mol. The average Bonchev–Trinajstić information content (AvgIpc) is 3.43. The zero-order chi connectivity index (χ0) is 31.8. The van der Waals surface area contributed by atoms with E-state index in [4.69, 9.17) is 19.4 Å². The number of fused-ring (bicyclic) bond motifs is 5. The molecule has 5 rings (SSSR count). The maximum absolute atomic E-state index is 14.1. The number of ether oxygens (including phenoxy) is 3. The van der Waals surface area contributed by atoms with Crippen molar-refractivity contribution in [1.29, 1.82) is 0 Å². The van der Waals surface area contributed by atoms with E-state index < -0.39 is 41.7 Å². The van der Waals surface area contributed by atoms with E-state index in [1.807, 2.05) is 34.6 Å². The van der Waals surface area contributed by atoms with Crippen molar-refractivity contribution in [3.05, 3.63) is 23.9 Å². The van der Waals surface area contributed by atoms with E-state index in [0.717, 1.165) is 38.4 Å². The van der Waals surface area contributed by atoms with Gasteiger partial charge in [-0.2, -0.15) is 8.78 Å². The van der Waals surface area contributed by atoms with Gasteiger partial charge in [0.05, 0.1) is 36.0 Å². The van der Waals surface area contributed by atoms with E-state index >= 15 is 0 Å². The number of esters is 1. The van der Waals surface area contributed by atoms with Crippen LogP contribution in [0.15, 0.2) is 18.2 Å². The second-order valence-electron chi connectivity index (χ2n) is 13.8. The molecule has 2 aliphatic heterocycles. The van der Waals surface area contributed by atoms with Crippen molar-refractivity contribution in [3.63, 3.8) is 0 Å². The first-order chi connectivity index (χ1) is 20.8. The van der Waals surface area contributed by atoms with E-state index in [2.05, 4.69) is 4.74 Å². The molecule has 240 valence electrons. The van der Waals surface area contributed by atoms with Gasteiger partial charge in [0.1, 0.15) is 29.4 Å². The average molecular weight is 616 g/mol. The monoisotopic (exact) mass is 615 g/mol. The number of hydrogen-bond acceptors (Lipinski definition) is 8. The summed E-state index contributed by atoms with van der Waals surface area (Å²) in [5.74, 6) is -1.19. The van der Waals surface area contributed by atoms with Gasteiger partial charge in [0.25, 0.3) is 0 Å². The fraction of sp³-hybridized carbons (Fsp3) is 0.667. The van der Waals surface area contributed by atoms with Crippen LogP contribution in [0.3, 0.4) is 0 Å². The molecular formula is C33H43F2N3O6. The minimum atomic E-state index is -2.98. The summed E-state index contributed by atoms with van der Waals surface area (Å²) in [6, 6.07) is 3.69. The van der Waals surface area contributed by atoms with E-state index in [0.29, 0.717) is 29.6 Å². The first kappa shape index (κ1) is 32.0. The fourth-order valence-electron chi connectivity index (χ4n) is 6.83. The van der Waals surface area contributed by atoms with Crippen LogP contribution in [0.5, 0.6) is 11.6 Å². The number of aryl methyl sites for hydroxylation is 1. The third-order valence-electron chi connectivity index (χ3n) is 9.59. The molecule has 3 aliphatic rings. The number of nitrogens with zero attached hydrogens (tertiary/aromatic N) is 3. The van der Waals surface area contributed by atoms with Gasteiger partial charge in [-0.15, -0.1) is 0 Å². The number of carbonyl (C=O) groups excluding carboxylic acids is 3. The maximum Gasteiger partial charge on any atom is 0.387 e. The highest BCUT2D eigenvalue weighted by molar-refractivity contribution is 5.87. The maximum atomic E-state index is 14.1. The highest BCUT2D eigenvalue weighted by atomic mass is 19.3. The van der Waals surface area contributed by atoms with Gasteiger partial charge in [-0.3, -0.25) is 9.59 Å². The standard InChI is InChI=1S/C33H43F2N3O6/c1-6-21-26(18-39)38-17-27(21)43-29-24(36-23-13-12-20(42-31(34)35)14-25(23)37-29)11-9-7-8-10-19-16-33(19,5)44-28(40)15-22(30(38)41)32(2,3)4/h12-14,18-19,21-22,26-27,31H,6-11,15-17H2,1-5H3/t19-,21+,22-,26-,27+,33-/m1/s1. The summed E-state index contributed by atoms with van der Waals surface area (Å²) in [5.41, 5.74) is 0.434. The second kappa shape index (κ2) is 12.6. The van der Waals surface area contributed by atoms with Crippen LogP contribution in [0.2, 0.25) is 0 Å². The van der Waals surface area contributed by atoms with Crippen LogP contribution >= 0.6 is 0 Å². The number of amides is 1. The van der Waals surface area contributed by atoms with Gasteiger partial charge in [-0.25, -0.2) is 9.97 Å². The summed E-state index contributed by atoms with van der Waals surface area (Å²) >= 11 is 0. The molecule has 1 amide bonds. The molecule has 2 fully saturated rings. The number of aldehydes is 1. The number of benzene rings is 1. The van der Waals surface area contributed by atoms with Gasteiger partial charge in [-0.1, -0.05) is 40.5 Å². The molecule has 11 heteroatoms. The Labute approximate surface area is 257 Å². The van der Waals surface area contributed by atoms with Crippen LogP contribution in [-0.2, 0) is 25.5 Å². The molecule has 3 heterocycles. The molecule has 44 heavy (non-hydrogen) atoms.